The maximum Gasteiger partial charge on any atom is 0.225 e. The van der Waals surface area contributed by atoms with E-state index in [1.807, 2.05) is 26.4 Å². The van der Waals surface area contributed by atoms with Gasteiger partial charge < -0.3 is 14.7 Å². The van der Waals surface area contributed by atoms with Crippen LogP contribution in [0.1, 0.15) is 6.42 Å². The second-order valence-electron chi connectivity index (χ2n) is 6.33. The van der Waals surface area contributed by atoms with Crippen LogP contribution >= 0.6 is 0 Å². The van der Waals surface area contributed by atoms with E-state index in [2.05, 4.69) is 51.0 Å². The van der Waals surface area contributed by atoms with Crippen molar-refractivity contribution in [3.05, 3.63) is 36.5 Å². The lowest BCUT2D eigenvalue weighted by atomic mass is 10.1. The average molecular weight is 311 g/mol. The predicted molar refractivity (Wildman–Crippen MR) is 96.1 cm³/mol. The molecule has 0 spiro atoms. The smallest absolute Gasteiger partial charge is 0.225 e. The molecule has 5 nitrogen and oxygen atoms in total. The van der Waals surface area contributed by atoms with Crippen LogP contribution in [-0.4, -0.2) is 62.2 Å². The molecular formula is C18H25N5. The van der Waals surface area contributed by atoms with Crippen molar-refractivity contribution in [1.29, 1.82) is 0 Å². The molecule has 0 unspecified atom stereocenters. The normalized spacial score (nSPS) is 16.2. The van der Waals surface area contributed by atoms with Crippen LogP contribution in [0.2, 0.25) is 0 Å². The summed E-state index contributed by atoms with van der Waals surface area (Å²) < 4.78 is 0. The van der Waals surface area contributed by atoms with Crippen molar-refractivity contribution in [3.63, 3.8) is 0 Å². The van der Waals surface area contributed by atoms with Gasteiger partial charge in [0.2, 0.25) is 5.95 Å². The van der Waals surface area contributed by atoms with Gasteiger partial charge in [-0.1, -0.05) is 12.1 Å². The van der Waals surface area contributed by atoms with E-state index in [4.69, 9.17) is 4.98 Å². The van der Waals surface area contributed by atoms with Gasteiger partial charge in [0.1, 0.15) is 0 Å². The first kappa shape index (κ1) is 15.7. The Morgan fingerprint density at radius 2 is 1.74 bits per heavy atom. The summed E-state index contributed by atoms with van der Waals surface area (Å²) in [6.45, 7) is 4.21. The van der Waals surface area contributed by atoms with Gasteiger partial charge in [0.25, 0.3) is 0 Å². The summed E-state index contributed by atoms with van der Waals surface area (Å²) in [5.74, 6) is 0.842. The number of likely N-dealkylation sites (N-methyl/N-ethyl adjacent to an activating group) is 1. The number of anilines is 2. The van der Waals surface area contributed by atoms with Crippen molar-refractivity contribution < 1.29 is 0 Å². The Balaban J connectivity index is 1.81. The Kier molecular flexibility index (Phi) is 4.76. The van der Waals surface area contributed by atoms with Gasteiger partial charge in [0, 0.05) is 51.2 Å². The van der Waals surface area contributed by atoms with Crippen LogP contribution in [0.15, 0.2) is 36.5 Å². The lowest BCUT2D eigenvalue weighted by Gasteiger charge is -2.20. The van der Waals surface area contributed by atoms with Gasteiger partial charge in [-0.05, 0) is 38.2 Å². The summed E-state index contributed by atoms with van der Waals surface area (Å²) in [6, 6.07) is 10.5. The molecule has 0 atom stereocenters. The third kappa shape index (κ3) is 3.79. The molecule has 5 heteroatoms. The zero-order valence-electron chi connectivity index (χ0n) is 14.2. The van der Waals surface area contributed by atoms with Gasteiger partial charge in [-0.2, -0.15) is 0 Å². The number of nitrogens with zero attached hydrogens (tertiary/aromatic N) is 5. The summed E-state index contributed by atoms with van der Waals surface area (Å²) in [5, 5.41) is 0. The Morgan fingerprint density at radius 1 is 0.957 bits per heavy atom. The van der Waals surface area contributed by atoms with E-state index in [1.54, 1.807) is 0 Å². The van der Waals surface area contributed by atoms with E-state index in [9.17, 15) is 0 Å². The number of aromatic nitrogens is 2. The minimum Gasteiger partial charge on any atom is -0.378 e. The van der Waals surface area contributed by atoms with E-state index in [-0.39, 0.29) is 0 Å². The van der Waals surface area contributed by atoms with E-state index in [1.165, 1.54) is 5.69 Å². The summed E-state index contributed by atoms with van der Waals surface area (Å²) in [7, 11) is 6.27. The monoisotopic (exact) mass is 311 g/mol. The first-order valence-corrected chi connectivity index (χ1v) is 8.18. The van der Waals surface area contributed by atoms with E-state index in [0.717, 1.165) is 49.8 Å². The fourth-order valence-corrected chi connectivity index (χ4v) is 2.84. The first-order valence-electron chi connectivity index (χ1n) is 8.18. The van der Waals surface area contributed by atoms with Gasteiger partial charge in [0.05, 0.1) is 5.69 Å². The lowest BCUT2D eigenvalue weighted by molar-refractivity contribution is 0.360. The quantitative estimate of drug-likeness (QED) is 0.869. The molecule has 0 saturated carbocycles. The van der Waals surface area contributed by atoms with Crippen LogP contribution in [-0.2, 0) is 0 Å². The molecule has 0 bridgehead atoms. The Bertz CT molecular complexity index is 638. The number of rotatable bonds is 3. The van der Waals surface area contributed by atoms with Crippen molar-refractivity contribution in [2.24, 2.45) is 0 Å². The minimum absolute atomic E-state index is 0.842. The second-order valence-corrected chi connectivity index (χ2v) is 6.33. The molecule has 23 heavy (non-hydrogen) atoms. The molecule has 1 aliphatic heterocycles. The molecule has 1 saturated heterocycles. The van der Waals surface area contributed by atoms with Gasteiger partial charge >= 0.3 is 0 Å². The molecule has 0 N–H and O–H groups in total. The summed E-state index contributed by atoms with van der Waals surface area (Å²) in [5.41, 5.74) is 3.31. The van der Waals surface area contributed by atoms with E-state index >= 15 is 0 Å². The number of hydrogen-bond donors (Lipinski definition) is 0. The van der Waals surface area contributed by atoms with Crippen LogP contribution in [0.4, 0.5) is 11.6 Å². The SMILES string of the molecule is CN1CCCN(c2nccc(-c3ccc(N(C)C)cc3)n2)CC1. The number of benzene rings is 1. The molecule has 2 aromatic rings. The van der Waals surface area contributed by atoms with Crippen molar-refractivity contribution in [2.75, 3.05) is 57.1 Å². The van der Waals surface area contributed by atoms with Gasteiger partial charge in [-0.3, -0.25) is 0 Å². The largest absolute Gasteiger partial charge is 0.378 e. The summed E-state index contributed by atoms with van der Waals surface area (Å²) in [4.78, 5) is 16.0. The van der Waals surface area contributed by atoms with Crippen molar-refractivity contribution >= 4 is 11.6 Å². The highest BCUT2D eigenvalue weighted by Crippen LogP contribution is 2.22. The van der Waals surface area contributed by atoms with Crippen molar-refractivity contribution in [1.82, 2.24) is 14.9 Å². The standard InChI is InChI=1S/C18H25N5/c1-21(2)16-7-5-15(6-8-16)17-9-10-19-18(20-17)23-12-4-11-22(3)13-14-23/h5-10H,4,11-14H2,1-3H3. The third-order valence-corrected chi connectivity index (χ3v) is 4.32. The molecule has 0 aliphatic carbocycles. The highest BCUT2D eigenvalue weighted by atomic mass is 15.3. The van der Waals surface area contributed by atoms with Crippen molar-refractivity contribution in [3.8, 4) is 11.3 Å². The van der Waals surface area contributed by atoms with E-state index in [0.29, 0.717) is 0 Å². The van der Waals surface area contributed by atoms with Gasteiger partial charge in [-0.25, -0.2) is 9.97 Å². The first-order chi connectivity index (χ1) is 11.1. The van der Waals surface area contributed by atoms with Crippen LogP contribution in [0.3, 0.4) is 0 Å². The fourth-order valence-electron chi connectivity index (χ4n) is 2.84. The fraction of sp³-hybridized carbons (Fsp3) is 0.444. The van der Waals surface area contributed by atoms with Crippen LogP contribution in [0, 0.1) is 0 Å². The summed E-state index contributed by atoms with van der Waals surface area (Å²) in [6.07, 6.45) is 3.02. The van der Waals surface area contributed by atoms with Crippen LogP contribution < -0.4 is 9.80 Å². The van der Waals surface area contributed by atoms with Crippen LogP contribution in [0.5, 0.6) is 0 Å². The second kappa shape index (κ2) is 6.96. The molecule has 0 amide bonds. The topological polar surface area (TPSA) is 35.5 Å². The van der Waals surface area contributed by atoms with Crippen molar-refractivity contribution in [2.45, 2.75) is 6.42 Å². The highest BCUT2D eigenvalue weighted by Gasteiger charge is 2.15. The van der Waals surface area contributed by atoms with Gasteiger partial charge in [-0.15, -0.1) is 0 Å². The lowest BCUT2D eigenvalue weighted by Crippen LogP contribution is -2.30. The minimum atomic E-state index is 0.842. The third-order valence-electron chi connectivity index (χ3n) is 4.32. The zero-order valence-corrected chi connectivity index (χ0v) is 14.2. The summed E-state index contributed by atoms with van der Waals surface area (Å²) >= 11 is 0. The maximum absolute atomic E-state index is 4.79. The highest BCUT2D eigenvalue weighted by molar-refractivity contribution is 5.63. The average Bonchev–Trinajstić information content (AvgIpc) is 2.80. The Morgan fingerprint density at radius 3 is 2.48 bits per heavy atom. The Hall–Kier alpha value is -2.14. The zero-order chi connectivity index (χ0) is 16.2. The molecular weight excluding hydrogens is 286 g/mol. The molecule has 1 aromatic carbocycles. The van der Waals surface area contributed by atoms with Crippen LogP contribution in [0.25, 0.3) is 11.3 Å². The maximum atomic E-state index is 4.79. The molecule has 2 heterocycles. The van der Waals surface area contributed by atoms with E-state index < -0.39 is 0 Å². The molecule has 1 aliphatic rings. The molecule has 122 valence electrons. The van der Waals surface area contributed by atoms with Gasteiger partial charge in [0.15, 0.2) is 0 Å². The Labute approximate surface area is 138 Å². The number of hydrogen-bond acceptors (Lipinski definition) is 5. The molecule has 1 aromatic heterocycles. The molecule has 3 rings (SSSR count). The predicted octanol–water partition coefficient (Wildman–Crippen LogP) is 2.35. The molecule has 0 radical (unpaired) electrons. The molecule has 1 fully saturated rings.